The van der Waals surface area contributed by atoms with Crippen LogP contribution in [0.25, 0.3) is 0 Å². The Kier molecular flexibility index (Phi) is 4.57. The Balaban J connectivity index is 2.13. The van der Waals surface area contributed by atoms with Crippen molar-refractivity contribution in [2.75, 3.05) is 10.6 Å². The van der Waals surface area contributed by atoms with Crippen molar-refractivity contribution < 1.29 is 4.39 Å². The fourth-order valence-electron chi connectivity index (χ4n) is 1.74. The molecule has 2 aromatic carbocycles. The van der Waals surface area contributed by atoms with Gasteiger partial charge in [-0.25, -0.2) is 4.39 Å². The Morgan fingerprint density at radius 2 is 1.75 bits per heavy atom. The van der Waals surface area contributed by atoms with Crippen molar-refractivity contribution in [2.45, 2.75) is 13.8 Å². The van der Waals surface area contributed by atoms with Crippen molar-refractivity contribution in [2.24, 2.45) is 0 Å². The summed E-state index contributed by atoms with van der Waals surface area (Å²) in [6.07, 6.45) is 0. The summed E-state index contributed by atoms with van der Waals surface area (Å²) >= 11 is 11.1. The van der Waals surface area contributed by atoms with Gasteiger partial charge >= 0.3 is 0 Å². The monoisotopic (exact) mass is 308 g/mol. The lowest BCUT2D eigenvalue weighted by Crippen LogP contribution is -2.20. The van der Waals surface area contributed by atoms with E-state index in [0.717, 1.165) is 16.8 Å². The second-order valence-corrected chi connectivity index (χ2v) is 5.37. The summed E-state index contributed by atoms with van der Waals surface area (Å²) in [7, 11) is 0. The van der Waals surface area contributed by atoms with Crippen molar-refractivity contribution in [1.29, 1.82) is 0 Å². The molecule has 2 N–H and O–H groups in total. The summed E-state index contributed by atoms with van der Waals surface area (Å²) in [6, 6.07) is 10.3. The van der Waals surface area contributed by atoms with Gasteiger partial charge in [0.25, 0.3) is 0 Å². The third-order valence-corrected chi connectivity index (χ3v) is 3.26. The Morgan fingerprint density at radius 1 is 1.05 bits per heavy atom. The standard InChI is InChI=1S/C15H14ClFN2S/c1-9-3-6-12(17)14(7-9)19-15(20)18-13-8-11(16)5-4-10(13)2/h3-8H,1-2H3,(H2,18,19,20). The average Bonchev–Trinajstić information content (AvgIpc) is 2.38. The fraction of sp³-hybridized carbons (Fsp3) is 0.133. The van der Waals surface area contributed by atoms with Crippen LogP contribution in [0.15, 0.2) is 36.4 Å². The molecule has 104 valence electrons. The van der Waals surface area contributed by atoms with Crippen molar-refractivity contribution >= 4 is 40.3 Å². The minimum Gasteiger partial charge on any atom is -0.332 e. The van der Waals surface area contributed by atoms with Gasteiger partial charge < -0.3 is 10.6 Å². The number of hydrogen-bond acceptors (Lipinski definition) is 1. The Bertz CT molecular complexity index is 603. The molecule has 2 nitrogen and oxygen atoms in total. The third-order valence-electron chi connectivity index (χ3n) is 2.82. The van der Waals surface area contributed by atoms with Crippen LogP contribution in [-0.2, 0) is 0 Å². The highest BCUT2D eigenvalue weighted by Gasteiger charge is 2.06. The predicted molar refractivity (Wildman–Crippen MR) is 87.2 cm³/mol. The van der Waals surface area contributed by atoms with Crippen LogP contribution in [0.1, 0.15) is 11.1 Å². The fourth-order valence-corrected chi connectivity index (χ4v) is 2.13. The van der Waals surface area contributed by atoms with Gasteiger partial charge in [0.2, 0.25) is 0 Å². The number of hydrogen-bond donors (Lipinski definition) is 2. The number of halogens is 2. The zero-order chi connectivity index (χ0) is 14.7. The molecule has 20 heavy (non-hydrogen) atoms. The maximum absolute atomic E-state index is 13.6. The van der Waals surface area contributed by atoms with Gasteiger partial charge in [-0.3, -0.25) is 0 Å². The smallest absolute Gasteiger partial charge is 0.175 e. The normalized spacial score (nSPS) is 10.2. The van der Waals surface area contributed by atoms with Crippen LogP contribution >= 0.6 is 23.8 Å². The molecular weight excluding hydrogens is 295 g/mol. The number of thiocarbonyl (C=S) groups is 1. The van der Waals surface area contributed by atoms with Gasteiger partial charge in [-0.15, -0.1) is 0 Å². The first-order valence-electron chi connectivity index (χ1n) is 6.06. The molecule has 5 heteroatoms. The predicted octanol–water partition coefficient (Wildman–Crippen LogP) is 4.90. The highest BCUT2D eigenvalue weighted by Crippen LogP contribution is 2.21. The average molecular weight is 309 g/mol. The van der Waals surface area contributed by atoms with E-state index in [1.54, 1.807) is 24.3 Å². The third kappa shape index (κ3) is 3.68. The molecule has 0 heterocycles. The molecule has 0 aliphatic rings. The van der Waals surface area contributed by atoms with E-state index in [9.17, 15) is 4.39 Å². The number of anilines is 2. The molecule has 0 aliphatic heterocycles. The largest absolute Gasteiger partial charge is 0.332 e. The SMILES string of the molecule is Cc1ccc(F)c(NC(=S)Nc2cc(Cl)ccc2C)c1. The first-order valence-corrected chi connectivity index (χ1v) is 6.84. The zero-order valence-corrected chi connectivity index (χ0v) is 12.7. The number of benzene rings is 2. The maximum atomic E-state index is 13.6. The number of rotatable bonds is 2. The topological polar surface area (TPSA) is 24.1 Å². The summed E-state index contributed by atoms with van der Waals surface area (Å²) in [6.45, 7) is 3.83. The molecule has 0 saturated heterocycles. The second kappa shape index (κ2) is 6.20. The van der Waals surface area contributed by atoms with E-state index in [0.29, 0.717) is 15.8 Å². The van der Waals surface area contributed by atoms with Gasteiger partial charge in [0.1, 0.15) is 5.82 Å². The van der Waals surface area contributed by atoms with Crippen LogP contribution in [0.5, 0.6) is 0 Å². The van der Waals surface area contributed by atoms with Gasteiger partial charge in [0, 0.05) is 10.7 Å². The van der Waals surface area contributed by atoms with Gasteiger partial charge in [-0.1, -0.05) is 23.7 Å². The first-order chi connectivity index (χ1) is 9.45. The molecule has 2 aromatic rings. The van der Waals surface area contributed by atoms with E-state index < -0.39 is 0 Å². The van der Waals surface area contributed by atoms with E-state index in [2.05, 4.69) is 10.6 Å². The van der Waals surface area contributed by atoms with E-state index in [4.69, 9.17) is 23.8 Å². The molecule has 0 unspecified atom stereocenters. The lowest BCUT2D eigenvalue weighted by Gasteiger charge is -2.13. The highest BCUT2D eigenvalue weighted by molar-refractivity contribution is 7.80. The molecule has 0 spiro atoms. The van der Waals surface area contributed by atoms with E-state index in [1.165, 1.54) is 6.07 Å². The maximum Gasteiger partial charge on any atom is 0.175 e. The van der Waals surface area contributed by atoms with Crippen LogP contribution in [0, 0.1) is 19.7 Å². The summed E-state index contributed by atoms with van der Waals surface area (Å²) in [5.41, 5.74) is 3.10. The lowest BCUT2D eigenvalue weighted by molar-refractivity contribution is 0.632. The van der Waals surface area contributed by atoms with Crippen molar-refractivity contribution in [3.63, 3.8) is 0 Å². The number of nitrogens with one attached hydrogen (secondary N) is 2. The van der Waals surface area contributed by atoms with Crippen LogP contribution in [0.3, 0.4) is 0 Å². The van der Waals surface area contributed by atoms with E-state index in [-0.39, 0.29) is 5.82 Å². The molecule has 0 atom stereocenters. The number of aryl methyl sites for hydroxylation is 2. The molecule has 0 aromatic heterocycles. The molecule has 0 fully saturated rings. The van der Waals surface area contributed by atoms with Crippen molar-refractivity contribution in [3.8, 4) is 0 Å². The molecule has 2 rings (SSSR count). The van der Waals surface area contributed by atoms with Crippen molar-refractivity contribution in [3.05, 3.63) is 58.4 Å². The van der Waals surface area contributed by atoms with Crippen LogP contribution in [0.4, 0.5) is 15.8 Å². The molecule has 0 bridgehead atoms. The molecule has 0 aliphatic carbocycles. The molecule has 0 radical (unpaired) electrons. The Labute approximate surface area is 128 Å². The molecule has 0 saturated carbocycles. The summed E-state index contributed by atoms with van der Waals surface area (Å²) < 4.78 is 13.6. The van der Waals surface area contributed by atoms with Crippen LogP contribution in [-0.4, -0.2) is 5.11 Å². The Morgan fingerprint density at radius 3 is 2.50 bits per heavy atom. The van der Waals surface area contributed by atoms with Gasteiger partial charge in [-0.2, -0.15) is 0 Å². The zero-order valence-electron chi connectivity index (χ0n) is 11.1. The van der Waals surface area contributed by atoms with E-state index >= 15 is 0 Å². The highest BCUT2D eigenvalue weighted by atomic mass is 35.5. The summed E-state index contributed by atoms with van der Waals surface area (Å²) in [5.74, 6) is -0.345. The first kappa shape index (κ1) is 14.8. The lowest BCUT2D eigenvalue weighted by atomic mass is 10.2. The van der Waals surface area contributed by atoms with Crippen LogP contribution in [0.2, 0.25) is 5.02 Å². The summed E-state index contributed by atoms with van der Waals surface area (Å²) in [5, 5.41) is 6.80. The summed E-state index contributed by atoms with van der Waals surface area (Å²) in [4.78, 5) is 0. The minimum atomic E-state index is -0.345. The van der Waals surface area contributed by atoms with Gasteiger partial charge in [0.05, 0.1) is 5.69 Å². The second-order valence-electron chi connectivity index (χ2n) is 4.52. The van der Waals surface area contributed by atoms with Gasteiger partial charge in [0.15, 0.2) is 5.11 Å². The van der Waals surface area contributed by atoms with Crippen LogP contribution < -0.4 is 10.6 Å². The molecule has 0 amide bonds. The van der Waals surface area contributed by atoms with E-state index in [1.807, 2.05) is 19.9 Å². The Hall–Kier alpha value is -1.65. The molecular formula is C15H14ClFN2S. The minimum absolute atomic E-state index is 0.319. The quantitative estimate of drug-likeness (QED) is 0.771. The van der Waals surface area contributed by atoms with Gasteiger partial charge in [-0.05, 0) is 61.5 Å². The van der Waals surface area contributed by atoms with Crippen molar-refractivity contribution in [1.82, 2.24) is 0 Å².